The Morgan fingerprint density at radius 3 is 2.27 bits per heavy atom. The predicted molar refractivity (Wildman–Crippen MR) is 63.3 cm³/mol. The molecule has 0 aliphatic carbocycles. The Bertz CT molecular complexity index is 368. The van der Waals surface area contributed by atoms with E-state index in [1.54, 1.807) is 19.1 Å². The van der Waals surface area contributed by atoms with E-state index in [9.17, 15) is 9.59 Å². The Morgan fingerprint density at radius 2 is 1.80 bits per heavy atom. The molecular weight excluding hydrogens is 208 g/mol. The van der Waals surface area contributed by atoms with E-state index < -0.39 is 0 Å². The molecule has 1 aromatic rings. The second kappa shape index (κ2) is 5.12. The smallest absolute Gasteiger partial charge is 0.189 e. The van der Waals surface area contributed by atoms with Gasteiger partial charge in [0.05, 0.1) is 0 Å². The molecule has 0 amide bonds. The Labute approximate surface area is 95.1 Å². The summed E-state index contributed by atoms with van der Waals surface area (Å²) in [6.45, 7) is 3.68. The molecule has 0 fully saturated rings. The zero-order valence-corrected chi connectivity index (χ0v) is 9.75. The van der Waals surface area contributed by atoms with Gasteiger partial charge in [-0.15, -0.1) is 12.6 Å². The summed E-state index contributed by atoms with van der Waals surface area (Å²) in [5, 5.41) is -0.240. The zero-order chi connectivity index (χ0) is 11.4. The number of carbonyl (C=O) groups excluding carboxylic acids is 2. The number of thiol groups is 1. The molecular formula is C12H14O2S. The molecule has 0 saturated heterocycles. The normalized spacial score (nSPS) is 12.2. The molecule has 2 nitrogen and oxygen atoms in total. The summed E-state index contributed by atoms with van der Waals surface area (Å²) in [4.78, 5) is 22.6. The molecule has 0 aliphatic rings. The Balaban J connectivity index is 2.69. The first-order valence-corrected chi connectivity index (χ1v) is 5.28. The van der Waals surface area contributed by atoms with Gasteiger partial charge < -0.3 is 0 Å². The quantitative estimate of drug-likeness (QED) is 0.627. The van der Waals surface area contributed by atoms with Gasteiger partial charge in [0.1, 0.15) is 0 Å². The van der Waals surface area contributed by atoms with E-state index in [1.165, 1.54) is 0 Å². The molecule has 80 valence electrons. The lowest BCUT2D eigenvalue weighted by atomic mass is 10.00. The van der Waals surface area contributed by atoms with Crippen LogP contribution in [0.25, 0.3) is 0 Å². The predicted octanol–water partition coefficient (Wildman–Crippen LogP) is 2.66. The number of hydrogen-bond acceptors (Lipinski definition) is 2. The van der Waals surface area contributed by atoms with Gasteiger partial charge in [-0.25, -0.2) is 0 Å². The largest absolute Gasteiger partial charge is 0.294 e. The van der Waals surface area contributed by atoms with Gasteiger partial charge in [0.15, 0.2) is 10.9 Å². The highest BCUT2D eigenvalue weighted by Gasteiger charge is 2.14. The summed E-state index contributed by atoms with van der Waals surface area (Å²) in [7, 11) is 0. The van der Waals surface area contributed by atoms with Crippen LogP contribution in [0.15, 0.2) is 24.3 Å². The van der Waals surface area contributed by atoms with Crippen molar-refractivity contribution < 1.29 is 9.59 Å². The highest BCUT2D eigenvalue weighted by atomic mass is 32.1. The molecule has 0 heterocycles. The van der Waals surface area contributed by atoms with Crippen LogP contribution in [0.4, 0.5) is 0 Å². The number of benzene rings is 1. The maximum absolute atomic E-state index is 11.7. The monoisotopic (exact) mass is 222 g/mol. The van der Waals surface area contributed by atoms with Crippen molar-refractivity contribution in [2.24, 2.45) is 5.92 Å². The van der Waals surface area contributed by atoms with Crippen molar-refractivity contribution in [1.29, 1.82) is 0 Å². The maximum atomic E-state index is 11.7. The van der Waals surface area contributed by atoms with Crippen LogP contribution < -0.4 is 0 Å². The van der Waals surface area contributed by atoms with E-state index in [1.807, 2.05) is 19.1 Å². The van der Waals surface area contributed by atoms with E-state index in [2.05, 4.69) is 12.6 Å². The van der Waals surface area contributed by atoms with Crippen LogP contribution in [-0.4, -0.2) is 10.9 Å². The first kappa shape index (κ1) is 12.0. The molecule has 0 N–H and O–H groups in total. The van der Waals surface area contributed by atoms with Crippen LogP contribution in [0.1, 0.15) is 29.3 Å². The first-order chi connectivity index (χ1) is 7.00. The van der Waals surface area contributed by atoms with E-state index in [0.717, 1.165) is 5.56 Å². The number of Topliss-reactive ketones (excluding diaryl/α,β-unsaturated/α-hetero) is 1. The van der Waals surface area contributed by atoms with Gasteiger partial charge in [-0.2, -0.15) is 0 Å². The van der Waals surface area contributed by atoms with Crippen molar-refractivity contribution in [1.82, 2.24) is 0 Å². The number of aryl methyl sites for hydroxylation is 1. The Hall–Kier alpha value is -1.09. The zero-order valence-electron chi connectivity index (χ0n) is 8.86. The van der Waals surface area contributed by atoms with Crippen LogP contribution in [0.5, 0.6) is 0 Å². The molecule has 0 aromatic heterocycles. The van der Waals surface area contributed by atoms with Crippen LogP contribution in [0.2, 0.25) is 0 Å². The van der Waals surface area contributed by atoms with Crippen molar-refractivity contribution in [2.75, 3.05) is 0 Å². The lowest BCUT2D eigenvalue weighted by Crippen LogP contribution is -2.11. The number of carbonyl (C=O) groups is 2. The fourth-order valence-electron chi connectivity index (χ4n) is 1.22. The summed E-state index contributed by atoms with van der Waals surface area (Å²) in [6, 6.07) is 7.35. The van der Waals surface area contributed by atoms with Crippen molar-refractivity contribution in [3.05, 3.63) is 35.4 Å². The number of rotatable bonds is 4. The molecule has 3 heteroatoms. The molecule has 1 atom stereocenters. The minimum atomic E-state index is -0.317. The van der Waals surface area contributed by atoms with Gasteiger partial charge >= 0.3 is 0 Å². The minimum Gasteiger partial charge on any atom is -0.294 e. The third kappa shape index (κ3) is 3.51. The van der Waals surface area contributed by atoms with Crippen molar-refractivity contribution in [3.63, 3.8) is 0 Å². The van der Waals surface area contributed by atoms with Gasteiger partial charge in [-0.05, 0) is 6.92 Å². The van der Waals surface area contributed by atoms with Crippen molar-refractivity contribution in [2.45, 2.75) is 20.3 Å². The standard InChI is InChI=1S/C12H14O2S/c1-8-3-5-10(6-4-8)11(13)7-9(2)12(14)15/h3-6,9H,7H2,1-2H3,(H,14,15). The van der Waals surface area contributed by atoms with E-state index in [-0.39, 0.29) is 23.2 Å². The third-order valence-corrected chi connectivity index (χ3v) is 2.73. The Kier molecular flexibility index (Phi) is 4.09. The average molecular weight is 222 g/mol. The average Bonchev–Trinajstić information content (AvgIpc) is 2.18. The van der Waals surface area contributed by atoms with Gasteiger partial charge in [0.2, 0.25) is 0 Å². The van der Waals surface area contributed by atoms with Gasteiger partial charge in [-0.3, -0.25) is 9.59 Å². The summed E-state index contributed by atoms with van der Waals surface area (Å²) in [5.74, 6) is -0.327. The molecule has 0 saturated carbocycles. The third-order valence-electron chi connectivity index (χ3n) is 2.29. The highest BCUT2D eigenvalue weighted by molar-refractivity contribution is 7.96. The summed E-state index contributed by atoms with van der Waals surface area (Å²) >= 11 is 3.71. The molecule has 0 spiro atoms. The lowest BCUT2D eigenvalue weighted by molar-refractivity contribution is -0.113. The fraction of sp³-hybridized carbons (Fsp3) is 0.333. The second-order valence-electron chi connectivity index (χ2n) is 3.73. The van der Waals surface area contributed by atoms with Crippen LogP contribution >= 0.6 is 12.6 Å². The number of ketones is 1. The van der Waals surface area contributed by atoms with E-state index in [4.69, 9.17) is 0 Å². The molecule has 0 bridgehead atoms. The molecule has 0 aliphatic heterocycles. The Morgan fingerprint density at radius 1 is 1.27 bits per heavy atom. The first-order valence-electron chi connectivity index (χ1n) is 4.83. The molecule has 1 aromatic carbocycles. The highest BCUT2D eigenvalue weighted by Crippen LogP contribution is 2.12. The van der Waals surface area contributed by atoms with Crippen LogP contribution in [-0.2, 0) is 4.79 Å². The maximum Gasteiger partial charge on any atom is 0.189 e. The summed E-state index contributed by atoms with van der Waals surface area (Å²) in [5.41, 5.74) is 1.77. The lowest BCUT2D eigenvalue weighted by Gasteiger charge is -2.05. The topological polar surface area (TPSA) is 34.1 Å². The van der Waals surface area contributed by atoms with E-state index in [0.29, 0.717) is 5.56 Å². The molecule has 1 unspecified atom stereocenters. The SMILES string of the molecule is Cc1ccc(C(=O)CC(C)C(=O)S)cc1. The van der Waals surface area contributed by atoms with Gasteiger partial charge in [0.25, 0.3) is 0 Å². The van der Waals surface area contributed by atoms with Crippen molar-refractivity contribution >= 4 is 23.5 Å². The van der Waals surface area contributed by atoms with E-state index >= 15 is 0 Å². The van der Waals surface area contributed by atoms with Gasteiger partial charge in [0, 0.05) is 17.9 Å². The summed E-state index contributed by atoms with van der Waals surface area (Å²) < 4.78 is 0. The van der Waals surface area contributed by atoms with Crippen LogP contribution in [0.3, 0.4) is 0 Å². The fourth-order valence-corrected chi connectivity index (χ4v) is 1.31. The molecule has 1 rings (SSSR count). The van der Waals surface area contributed by atoms with Gasteiger partial charge in [-0.1, -0.05) is 36.8 Å². The molecule has 0 radical (unpaired) electrons. The van der Waals surface area contributed by atoms with Crippen molar-refractivity contribution in [3.8, 4) is 0 Å². The molecule has 15 heavy (non-hydrogen) atoms. The summed E-state index contributed by atoms with van der Waals surface area (Å²) in [6.07, 6.45) is 0.228. The second-order valence-corrected chi connectivity index (χ2v) is 4.17. The van der Waals surface area contributed by atoms with Crippen LogP contribution in [0, 0.1) is 12.8 Å². The number of hydrogen-bond donors (Lipinski definition) is 1. The minimum absolute atomic E-state index is 0.00935.